The van der Waals surface area contributed by atoms with Crippen molar-refractivity contribution in [3.63, 3.8) is 0 Å². The highest BCUT2D eigenvalue weighted by Crippen LogP contribution is 2.42. The third kappa shape index (κ3) is 4.32. The molecule has 0 radical (unpaired) electrons. The number of non-ortho nitro benzene ring substituents is 1. The maximum atomic E-state index is 12.6. The van der Waals surface area contributed by atoms with Gasteiger partial charge in [0.05, 0.1) is 17.2 Å². The van der Waals surface area contributed by atoms with Gasteiger partial charge in [0.25, 0.3) is 5.69 Å². The Kier molecular flexibility index (Phi) is 5.91. The van der Waals surface area contributed by atoms with Gasteiger partial charge in [-0.25, -0.2) is 9.78 Å². The average Bonchev–Trinajstić information content (AvgIpc) is 3.08. The van der Waals surface area contributed by atoms with Crippen LogP contribution in [0.3, 0.4) is 0 Å². The quantitative estimate of drug-likeness (QED) is 0.306. The number of halogens is 1. The van der Waals surface area contributed by atoms with Crippen molar-refractivity contribution in [2.75, 3.05) is 4.90 Å². The number of carboxylic acid groups (broad SMARTS) is 1. The van der Waals surface area contributed by atoms with Crippen LogP contribution in [0.5, 0.6) is 0 Å². The molecule has 1 unspecified atom stereocenters. The lowest BCUT2D eigenvalue weighted by Crippen LogP contribution is -2.41. The van der Waals surface area contributed by atoms with Gasteiger partial charge in [-0.15, -0.1) is 0 Å². The molecule has 0 saturated carbocycles. The monoisotopic (exact) mass is 445 g/mol. The van der Waals surface area contributed by atoms with Crippen LogP contribution in [-0.2, 0) is 0 Å². The Hall–Kier alpha value is -3.20. The van der Waals surface area contributed by atoms with Crippen LogP contribution in [0.15, 0.2) is 36.5 Å². The molecular weight excluding hydrogens is 422 g/mol. The first-order valence-electron chi connectivity index (χ1n) is 9.72. The molecule has 3 rings (SSSR count). The van der Waals surface area contributed by atoms with E-state index in [2.05, 4.69) is 10.1 Å². The molecular formula is C21H24ClN5O4. The second-order valence-corrected chi connectivity index (χ2v) is 9.09. The molecule has 1 aromatic carbocycles. The maximum absolute atomic E-state index is 12.6. The number of anilines is 1. The minimum Gasteiger partial charge on any atom is -0.465 e. The molecule has 0 aliphatic heterocycles. The van der Waals surface area contributed by atoms with Crippen LogP contribution in [-0.4, -0.2) is 30.7 Å². The second-order valence-electron chi connectivity index (χ2n) is 8.70. The number of amides is 1. The van der Waals surface area contributed by atoms with E-state index in [-0.39, 0.29) is 22.6 Å². The molecule has 0 bridgehead atoms. The Balaban J connectivity index is 2.30. The fraction of sp³-hybridized carbons (Fsp3) is 0.381. The Morgan fingerprint density at radius 1 is 1.29 bits per heavy atom. The van der Waals surface area contributed by atoms with Gasteiger partial charge in [0.1, 0.15) is 11.0 Å². The summed E-state index contributed by atoms with van der Waals surface area (Å²) in [6.07, 6.45) is 0.406. The zero-order valence-corrected chi connectivity index (χ0v) is 18.7. The van der Waals surface area contributed by atoms with Crippen molar-refractivity contribution < 1.29 is 14.8 Å². The van der Waals surface area contributed by atoms with E-state index in [0.717, 1.165) is 10.5 Å². The van der Waals surface area contributed by atoms with Gasteiger partial charge in [0.15, 0.2) is 5.65 Å². The highest BCUT2D eigenvalue weighted by atomic mass is 35.5. The summed E-state index contributed by atoms with van der Waals surface area (Å²) in [6.45, 7) is 9.57. The number of hydrogen-bond acceptors (Lipinski definition) is 5. The van der Waals surface area contributed by atoms with Crippen molar-refractivity contribution >= 4 is 34.8 Å². The molecule has 1 N–H and O–H groups in total. The molecule has 0 aliphatic carbocycles. The summed E-state index contributed by atoms with van der Waals surface area (Å²) in [7, 11) is 0. The van der Waals surface area contributed by atoms with Crippen LogP contribution in [0.4, 0.5) is 16.3 Å². The summed E-state index contributed by atoms with van der Waals surface area (Å²) in [6, 6.07) is 6.68. The van der Waals surface area contributed by atoms with Gasteiger partial charge in [0, 0.05) is 23.8 Å². The third-order valence-corrected chi connectivity index (χ3v) is 5.19. The van der Waals surface area contributed by atoms with Gasteiger partial charge in [-0.3, -0.25) is 15.0 Å². The van der Waals surface area contributed by atoms with Gasteiger partial charge in [-0.05, 0) is 16.9 Å². The summed E-state index contributed by atoms with van der Waals surface area (Å²) in [4.78, 5) is 28.9. The van der Waals surface area contributed by atoms with Crippen molar-refractivity contribution in [1.29, 1.82) is 0 Å². The molecule has 164 valence electrons. The van der Waals surface area contributed by atoms with Gasteiger partial charge >= 0.3 is 6.09 Å². The number of hydrogen-bond donors (Lipinski definition) is 1. The van der Waals surface area contributed by atoms with Crippen molar-refractivity contribution in [2.24, 2.45) is 5.41 Å². The molecule has 9 nitrogen and oxygen atoms in total. The Bertz CT molecular complexity index is 1150. The smallest absolute Gasteiger partial charge is 0.413 e. The fourth-order valence-corrected chi connectivity index (χ4v) is 3.88. The SMILES string of the molecule is CC(C)c1cnn2c(N(C(=O)O)C(c3cccc([N+](=O)[O-])c3)C(C)(C)C)cc(Cl)nc12. The van der Waals surface area contributed by atoms with Crippen molar-refractivity contribution in [2.45, 2.75) is 46.6 Å². The standard InChI is InChI=1S/C21H24ClN5O4/c1-12(2)15-11-23-26-17(10-16(22)24-19(15)26)25(20(28)29)18(21(3,4)5)13-7-6-8-14(9-13)27(30)31/h6-12,18H,1-5H3,(H,28,29). The van der Waals surface area contributed by atoms with E-state index in [4.69, 9.17) is 11.6 Å². The van der Waals surface area contributed by atoms with Gasteiger partial charge < -0.3 is 5.11 Å². The zero-order valence-electron chi connectivity index (χ0n) is 17.9. The average molecular weight is 446 g/mol. The van der Waals surface area contributed by atoms with Gasteiger partial charge in [0.2, 0.25) is 0 Å². The number of aromatic nitrogens is 3. The molecule has 0 aliphatic rings. The van der Waals surface area contributed by atoms with Crippen LogP contribution < -0.4 is 4.90 Å². The molecule has 31 heavy (non-hydrogen) atoms. The van der Waals surface area contributed by atoms with Crippen molar-refractivity contribution in [3.8, 4) is 0 Å². The van der Waals surface area contributed by atoms with E-state index in [1.165, 1.54) is 22.7 Å². The van der Waals surface area contributed by atoms with E-state index in [9.17, 15) is 20.0 Å². The largest absolute Gasteiger partial charge is 0.465 e. The van der Waals surface area contributed by atoms with E-state index in [1.54, 1.807) is 18.3 Å². The molecule has 10 heteroatoms. The van der Waals surface area contributed by atoms with E-state index < -0.39 is 22.5 Å². The summed E-state index contributed by atoms with van der Waals surface area (Å²) in [5.41, 5.74) is 1.05. The summed E-state index contributed by atoms with van der Waals surface area (Å²) in [5.74, 6) is 0.311. The van der Waals surface area contributed by atoms with Crippen LogP contribution >= 0.6 is 11.6 Å². The minimum absolute atomic E-state index is 0.102. The number of nitro benzene ring substituents is 1. The molecule has 1 atom stereocenters. The Morgan fingerprint density at radius 3 is 2.52 bits per heavy atom. The first-order chi connectivity index (χ1) is 14.4. The molecule has 2 heterocycles. The lowest BCUT2D eigenvalue weighted by Gasteiger charge is -2.38. The van der Waals surface area contributed by atoms with E-state index >= 15 is 0 Å². The van der Waals surface area contributed by atoms with Crippen molar-refractivity contribution in [3.05, 3.63) is 62.9 Å². The Labute approximate surface area is 184 Å². The maximum Gasteiger partial charge on any atom is 0.413 e. The number of fused-ring (bicyclic) bond motifs is 1. The predicted octanol–water partition coefficient (Wildman–Crippen LogP) is 5.69. The fourth-order valence-electron chi connectivity index (χ4n) is 3.70. The summed E-state index contributed by atoms with van der Waals surface area (Å²) >= 11 is 6.28. The summed E-state index contributed by atoms with van der Waals surface area (Å²) < 4.78 is 1.45. The lowest BCUT2D eigenvalue weighted by atomic mass is 9.81. The molecule has 0 saturated heterocycles. The molecule has 0 fully saturated rings. The van der Waals surface area contributed by atoms with Crippen LogP contribution in [0, 0.1) is 15.5 Å². The van der Waals surface area contributed by atoms with Crippen LogP contribution in [0.2, 0.25) is 5.15 Å². The van der Waals surface area contributed by atoms with E-state index in [1.807, 2.05) is 34.6 Å². The minimum atomic E-state index is -1.24. The highest BCUT2D eigenvalue weighted by Gasteiger charge is 2.38. The second kappa shape index (κ2) is 8.14. The Morgan fingerprint density at radius 2 is 1.97 bits per heavy atom. The first kappa shape index (κ1) is 22.5. The number of nitro groups is 1. The topological polar surface area (TPSA) is 114 Å². The molecule has 2 aromatic heterocycles. The van der Waals surface area contributed by atoms with Crippen LogP contribution in [0.25, 0.3) is 5.65 Å². The molecule has 3 aromatic rings. The van der Waals surface area contributed by atoms with Crippen molar-refractivity contribution in [1.82, 2.24) is 14.6 Å². The van der Waals surface area contributed by atoms with Gasteiger partial charge in [-0.2, -0.15) is 9.61 Å². The number of rotatable bonds is 5. The molecule has 0 spiro atoms. The normalized spacial score (nSPS) is 12.9. The van der Waals surface area contributed by atoms with Gasteiger partial charge in [-0.1, -0.05) is 58.4 Å². The first-order valence-corrected chi connectivity index (χ1v) is 10.1. The highest BCUT2D eigenvalue weighted by molar-refractivity contribution is 6.29. The number of carbonyl (C=O) groups is 1. The number of benzene rings is 1. The lowest BCUT2D eigenvalue weighted by molar-refractivity contribution is -0.384. The summed E-state index contributed by atoms with van der Waals surface area (Å²) in [5, 5.41) is 26.1. The number of nitrogens with zero attached hydrogens (tertiary/aromatic N) is 5. The molecule has 1 amide bonds. The predicted molar refractivity (Wildman–Crippen MR) is 118 cm³/mol. The van der Waals surface area contributed by atoms with Crippen LogP contribution in [0.1, 0.15) is 57.7 Å². The van der Waals surface area contributed by atoms with E-state index in [0.29, 0.717) is 11.2 Å². The zero-order chi connectivity index (χ0) is 23.1. The third-order valence-electron chi connectivity index (χ3n) is 5.00.